The van der Waals surface area contributed by atoms with Gasteiger partial charge in [0.1, 0.15) is 6.61 Å². The van der Waals surface area contributed by atoms with Crippen LogP contribution in [0.5, 0.6) is 0 Å². The van der Waals surface area contributed by atoms with E-state index in [1.807, 2.05) is 37.8 Å². The van der Waals surface area contributed by atoms with Gasteiger partial charge in [0.15, 0.2) is 0 Å². The average molecular weight is 387 g/mol. The molecule has 1 aromatic rings. The van der Waals surface area contributed by atoms with Crippen molar-refractivity contribution in [1.82, 2.24) is 15.2 Å². The molecule has 0 radical (unpaired) electrons. The third kappa shape index (κ3) is 3.31. The van der Waals surface area contributed by atoms with Crippen molar-refractivity contribution in [3.8, 4) is 0 Å². The first kappa shape index (κ1) is 19.3. The lowest BCUT2D eigenvalue weighted by atomic mass is 9.73. The fourth-order valence-corrected chi connectivity index (χ4v) is 5.17. The Kier molecular flexibility index (Phi) is 5.14. The summed E-state index contributed by atoms with van der Waals surface area (Å²) in [7, 11) is 0. The van der Waals surface area contributed by atoms with E-state index in [4.69, 9.17) is 9.47 Å². The number of hydrogen-bond acceptors (Lipinski definition) is 5. The number of carbonyl (C=O) groups excluding carboxylic acids is 2. The number of fused-ring (bicyclic) bond motifs is 1. The van der Waals surface area contributed by atoms with Gasteiger partial charge in [-0.25, -0.2) is 0 Å². The number of nitrogens with zero attached hydrogens (tertiary/aromatic N) is 2. The third-order valence-electron chi connectivity index (χ3n) is 6.53. The van der Waals surface area contributed by atoms with Crippen LogP contribution in [0.4, 0.5) is 0 Å². The maximum Gasteiger partial charge on any atom is 0.253 e. The van der Waals surface area contributed by atoms with Crippen molar-refractivity contribution in [2.24, 2.45) is 11.8 Å². The predicted molar refractivity (Wildman–Crippen MR) is 103 cm³/mol. The summed E-state index contributed by atoms with van der Waals surface area (Å²) in [5, 5.41) is 3.09. The Morgan fingerprint density at radius 2 is 2.21 bits per heavy atom. The van der Waals surface area contributed by atoms with E-state index >= 15 is 0 Å². The summed E-state index contributed by atoms with van der Waals surface area (Å²) in [6.07, 6.45) is 2.16. The van der Waals surface area contributed by atoms with Crippen LogP contribution in [-0.4, -0.2) is 66.3 Å². The molecule has 3 fully saturated rings. The van der Waals surface area contributed by atoms with Crippen LogP contribution >= 0.6 is 0 Å². The highest BCUT2D eigenvalue weighted by molar-refractivity contribution is 5.95. The fourth-order valence-electron chi connectivity index (χ4n) is 5.17. The first-order chi connectivity index (χ1) is 13.4. The van der Waals surface area contributed by atoms with E-state index in [9.17, 15) is 9.59 Å². The van der Waals surface area contributed by atoms with E-state index in [0.717, 1.165) is 24.2 Å². The molecule has 2 bridgehead atoms. The van der Waals surface area contributed by atoms with Crippen LogP contribution < -0.4 is 5.32 Å². The van der Waals surface area contributed by atoms with Crippen molar-refractivity contribution in [3.05, 3.63) is 29.1 Å². The number of ether oxygens (including phenoxy) is 2. The largest absolute Gasteiger partial charge is 0.372 e. The molecule has 2 amide bonds. The molecule has 4 rings (SSSR count). The van der Waals surface area contributed by atoms with Crippen molar-refractivity contribution >= 4 is 11.8 Å². The monoisotopic (exact) mass is 387 g/mol. The van der Waals surface area contributed by atoms with Gasteiger partial charge < -0.3 is 19.7 Å². The Labute approximate surface area is 165 Å². The van der Waals surface area contributed by atoms with Crippen molar-refractivity contribution in [2.45, 2.75) is 45.3 Å². The quantitative estimate of drug-likeness (QED) is 0.800. The summed E-state index contributed by atoms with van der Waals surface area (Å²) >= 11 is 0. The van der Waals surface area contributed by atoms with Gasteiger partial charge in [0.05, 0.1) is 29.5 Å². The van der Waals surface area contributed by atoms with Crippen LogP contribution in [0, 0.1) is 25.7 Å². The number of aromatic nitrogens is 1. The maximum absolute atomic E-state index is 12.6. The summed E-state index contributed by atoms with van der Waals surface area (Å²) in [4.78, 5) is 31.3. The minimum absolute atomic E-state index is 0.0295. The SMILES string of the molecule is CCOCC(=O)N1C[C@@H]2[C@H](CNC(=O)c3ccc(C)nc3C)[C@H]3CC[C@]2(C1)O3. The van der Waals surface area contributed by atoms with E-state index < -0.39 is 0 Å². The van der Waals surface area contributed by atoms with Crippen LogP contribution in [-0.2, 0) is 14.3 Å². The number of hydrogen-bond donors (Lipinski definition) is 1. The van der Waals surface area contributed by atoms with Crippen molar-refractivity contribution < 1.29 is 19.1 Å². The van der Waals surface area contributed by atoms with Gasteiger partial charge in [0.2, 0.25) is 5.91 Å². The molecule has 1 aromatic heterocycles. The Morgan fingerprint density at radius 1 is 1.39 bits per heavy atom. The first-order valence-corrected chi connectivity index (χ1v) is 10.2. The van der Waals surface area contributed by atoms with Crippen molar-refractivity contribution in [3.63, 3.8) is 0 Å². The smallest absolute Gasteiger partial charge is 0.253 e. The Hall–Kier alpha value is -1.99. The average Bonchev–Trinajstić information content (AvgIpc) is 3.32. The lowest BCUT2D eigenvalue weighted by molar-refractivity contribution is -0.136. The molecule has 28 heavy (non-hydrogen) atoms. The van der Waals surface area contributed by atoms with Gasteiger partial charge in [-0.2, -0.15) is 0 Å². The zero-order valence-electron chi connectivity index (χ0n) is 16.9. The first-order valence-electron chi connectivity index (χ1n) is 10.2. The van der Waals surface area contributed by atoms with Gasteiger partial charge in [-0.15, -0.1) is 0 Å². The molecule has 0 aromatic carbocycles. The summed E-state index contributed by atoms with van der Waals surface area (Å²) in [6.45, 7) is 8.23. The van der Waals surface area contributed by atoms with Crippen LogP contribution in [0.15, 0.2) is 12.1 Å². The molecule has 4 atom stereocenters. The van der Waals surface area contributed by atoms with Gasteiger partial charge in [-0.05, 0) is 45.7 Å². The summed E-state index contributed by atoms with van der Waals surface area (Å²) in [5.41, 5.74) is 2.03. The fraction of sp³-hybridized carbons (Fsp3) is 0.667. The van der Waals surface area contributed by atoms with Crippen LogP contribution in [0.1, 0.15) is 41.5 Å². The predicted octanol–water partition coefficient (Wildman–Crippen LogP) is 1.47. The second kappa shape index (κ2) is 7.44. The zero-order valence-corrected chi connectivity index (χ0v) is 16.9. The van der Waals surface area contributed by atoms with Gasteiger partial charge in [0, 0.05) is 37.2 Å². The molecule has 152 valence electrons. The van der Waals surface area contributed by atoms with E-state index in [0.29, 0.717) is 31.8 Å². The van der Waals surface area contributed by atoms with Crippen molar-refractivity contribution in [2.75, 3.05) is 32.8 Å². The van der Waals surface area contributed by atoms with E-state index in [2.05, 4.69) is 10.3 Å². The molecular weight excluding hydrogens is 358 g/mol. The topological polar surface area (TPSA) is 80.8 Å². The van der Waals surface area contributed by atoms with Crippen molar-refractivity contribution in [1.29, 1.82) is 0 Å². The number of nitrogens with one attached hydrogen (secondary N) is 1. The number of rotatable bonds is 6. The molecule has 1 N–H and O–H groups in total. The molecule has 7 heteroatoms. The molecule has 0 unspecified atom stereocenters. The minimum atomic E-state index is -0.233. The number of likely N-dealkylation sites (tertiary alicyclic amines) is 1. The van der Waals surface area contributed by atoms with Crippen LogP contribution in [0.2, 0.25) is 0 Å². The Morgan fingerprint density at radius 3 is 2.96 bits per heavy atom. The normalized spacial score (nSPS) is 30.5. The van der Waals surface area contributed by atoms with Crippen LogP contribution in [0.3, 0.4) is 0 Å². The minimum Gasteiger partial charge on any atom is -0.372 e. The highest BCUT2D eigenvalue weighted by atomic mass is 16.5. The Balaban J connectivity index is 1.40. The number of carbonyl (C=O) groups is 2. The van der Waals surface area contributed by atoms with E-state index in [-0.39, 0.29) is 42.0 Å². The Bertz CT molecular complexity index is 783. The number of pyridine rings is 1. The van der Waals surface area contributed by atoms with Gasteiger partial charge in [0.25, 0.3) is 5.91 Å². The molecular formula is C21H29N3O4. The molecule has 3 aliphatic heterocycles. The summed E-state index contributed by atoms with van der Waals surface area (Å²) < 4.78 is 11.6. The highest BCUT2D eigenvalue weighted by Crippen LogP contribution is 2.54. The van der Waals surface area contributed by atoms with Gasteiger partial charge >= 0.3 is 0 Å². The summed E-state index contributed by atoms with van der Waals surface area (Å²) in [6, 6.07) is 3.69. The maximum atomic E-state index is 12.6. The molecule has 0 aliphatic carbocycles. The molecule has 3 saturated heterocycles. The summed E-state index contributed by atoms with van der Waals surface area (Å²) in [5.74, 6) is 0.446. The molecule has 4 heterocycles. The van der Waals surface area contributed by atoms with Gasteiger partial charge in [-0.3, -0.25) is 14.6 Å². The number of aryl methyl sites for hydroxylation is 2. The third-order valence-corrected chi connectivity index (χ3v) is 6.53. The standard InChI is InChI=1S/C21H29N3O4/c1-4-27-11-19(25)24-10-17-16(18-7-8-21(17,12-24)28-18)9-22-20(26)15-6-5-13(2)23-14(15)3/h5-6,16-18H,4,7-12H2,1-3H3,(H,22,26)/t16-,17+,18+,21+/m0/s1. The second-order valence-electron chi connectivity index (χ2n) is 8.24. The zero-order chi connectivity index (χ0) is 19.9. The van der Waals surface area contributed by atoms with Crippen LogP contribution in [0.25, 0.3) is 0 Å². The van der Waals surface area contributed by atoms with Gasteiger partial charge in [-0.1, -0.05) is 0 Å². The second-order valence-corrected chi connectivity index (χ2v) is 8.24. The van der Waals surface area contributed by atoms with E-state index in [1.54, 1.807) is 0 Å². The lowest BCUT2D eigenvalue weighted by Gasteiger charge is -2.29. The van der Waals surface area contributed by atoms with E-state index in [1.165, 1.54) is 0 Å². The molecule has 7 nitrogen and oxygen atoms in total. The number of amides is 2. The lowest BCUT2D eigenvalue weighted by Crippen LogP contribution is -2.42. The molecule has 0 saturated carbocycles. The molecule has 3 aliphatic rings. The molecule has 1 spiro atoms. The highest BCUT2D eigenvalue weighted by Gasteiger charge is 2.63.